The van der Waals surface area contributed by atoms with Crippen molar-refractivity contribution in [1.82, 2.24) is 9.97 Å². The molecule has 0 aliphatic heterocycles. The van der Waals surface area contributed by atoms with E-state index in [-0.39, 0.29) is 0 Å². The molecule has 0 bridgehead atoms. The van der Waals surface area contributed by atoms with Crippen LogP contribution in [0.2, 0.25) is 0 Å². The van der Waals surface area contributed by atoms with E-state index in [1.165, 1.54) is 25.7 Å². The van der Waals surface area contributed by atoms with Crippen LogP contribution in [0.1, 0.15) is 25.7 Å². The molecule has 1 heterocycles. The highest BCUT2D eigenvalue weighted by atomic mass is 32.2. The molecule has 0 unspecified atom stereocenters. The van der Waals surface area contributed by atoms with E-state index in [0.29, 0.717) is 16.4 Å². The molecule has 1 aromatic carbocycles. The first-order valence-electron chi connectivity index (χ1n) is 7.04. The number of nitrogens with one attached hydrogen (secondary N) is 1. The van der Waals surface area contributed by atoms with Crippen molar-refractivity contribution in [3.05, 3.63) is 24.3 Å². The first kappa shape index (κ1) is 13.5. The molecule has 3 rings (SSSR count). The fraction of sp³-hybridized carbons (Fsp3) is 0.467. The maximum Gasteiger partial charge on any atom is 0.169 e. The third-order valence-electron chi connectivity index (χ3n) is 4.12. The third-order valence-corrected chi connectivity index (χ3v) is 5.54. The molecule has 5 heteroatoms. The van der Waals surface area contributed by atoms with Gasteiger partial charge in [0.25, 0.3) is 0 Å². The summed E-state index contributed by atoms with van der Waals surface area (Å²) in [6, 6.07) is 7.82. The zero-order chi connectivity index (χ0) is 14.0. The Morgan fingerprint density at radius 2 is 1.85 bits per heavy atom. The van der Waals surface area contributed by atoms with Gasteiger partial charge in [-0.05, 0) is 31.2 Å². The summed E-state index contributed by atoms with van der Waals surface area (Å²) in [6.45, 7) is 0.908. The van der Waals surface area contributed by atoms with Crippen molar-refractivity contribution < 1.29 is 0 Å². The number of anilines is 2. The van der Waals surface area contributed by atoms with E-state index in [2.05, 4.69) is 21.5 Å². The highest BCUT2D eigenvalue weighted by Crippen LogP contribution is 2.40. The Balaban J connectivity index is 1.81. The Kier molecular flexibility index (Phi) is 3.70. The standard InChI is InChI=1S/C15H20N4S/c1-20-15(8-4-5-9-15)10-17-14-13(16)18-11-6-2-3-7-12(11)19-14/h2-3,6-7H,4-5,8-10H2,1H3,(H2,16,18)(H,17,19). The molecule has 1 aliphatic rings. The molecule has 0 atom stereocenters. The van der Waals surface area contributed by atoms with Gasteiger partial charge < -0.3 is 11.1 Å². The minimum atomic E-state index is 0.333. The summed E-state index contributed by atoms with van der Waals surface area (Å²) in [5.41, 5.74) is 7.74. The van der Waals surface area contributed by atoms with Gasteiger partial charge in [-0.15, -0.1) is 0 Å². The minimum Gasteiger partial charge on any atom is -0.381 e. The van der Waals surface area contributed by atoms with Gasteiger partial charge in [-0.25, -0.2) is 9.97 Å². The fourth-order valence-electron chi connectivity index (χ4n) is 2.86. The molecule has 20 heavy (non-hydrogen) atoms. The molecule has 0 radical (unpaired) electrons. The second-order valence-corrected chi connectivity index (χ2v) is 6.67. The van der Waals surface area contributed by atoms with Gasteiger partial charge in [0, 0.05) is 11.3 Å². The van der Waals surface area contributed by atoms with Crippen molar-refractivity contribution in [2.75, 3.05) is 23.9 Å². The van der Waals surface area contributed by atoms with Crippen LogP contribution in [0.25, 0.3) is 11.0 Å². The van der Waals surface area contributed by atoms with Gasteiger partial charge in [0.1, 0.15) is 0 Å². The third kappa shape index (κ3) is 2.54. The number of nitrogens with zero attached hydrogens (tertiary/aromatic N) is 2. The molecule has 106 valence electrons. The highest BCUT2D eigenvalue weighted by molar-refractivity contribution is 8.00. The number of thioether (sulfide) groups is 1. The van der Waals surface area contributed by atoms with Gasteiger partial charge in [0.2, 0.25) is 0 Å². The van der Waals surface area contributed by atoms with Crippen LogP contribution in [0, 0.1) is 0 Å². The van der Waals surface area contributed by atoms with Crippen LogP contribution in [-0.2, 0) is 0 Å². The van der Waals surface area contributed by atoms with Gasteiger partial charge in [-0.1, -0.05) is 25.0 Å². The second-order valence-electron chi connectivity index (χ2n) is 5.39. The topological polar surface area (TPSA) is 63.8 Å². The number of nitrogens with two attached hydrogens (primary N) is 1. The fourth-order valence-corrected chi connectivity index (χ4v) is 3.77. The number of hydrogen-bond acceptors (Lipinski definition) is 5. The van der Waals surface area contributed by atoms with Crippen LogP contribution >= 0.6 is 11.8 Å². The number of hydrogen-bond donors (Lipinski definition) is 2. The quantitative estimate of drug-likeness (QED) is 0.903. The molecule has 3 N–H and O–H groups in total. The molecule has 1 fully saturated rings. The zero-order valence-electron chi connectivity index (χ0n) is 11.7. The molecular formula is C15H20N4S. The van der Waals surface area contributed by atoms with Crippen LogP contribution in [-0.4, -0.2) is 27.5 Å². The Hall–Kier alpha value is -1.49. The van der Waals surface area contributed by atoms with Gasteiger partial charge in [0.15, 0.2) is 11.6 Å². The summed E-state index contributed by atoms with van der Waals surface area (Å²) < 4.78 is 0.333. The lowest BCUT2D eigenvalue weighted by atomic mass is 10.1. The normalized spacial score (nSPS) is 17.4. The van der Waals surface area contributed by atoms with Gasteiger partial charge in [-0.3, -0.25) is 0 Å². The molecule has 1 aromatic heterocycles. The molecule has 0 amide bonds. The SMILES string of the molecule is CSC1(CNc2nc3ccccc3nc2N)CCCC1. The lowest BCUT2D eigenvalue weighted by Crippen LogP contribution is -2.30. The van der Waals surface area contributed by atoms with Crippen molar-refractivity contribution >= 4 is 34.4 Å². The van der Waals surface area contributed by atoms with Crippen LogP contribution in [0.5, 0.6) is 0 Å². The summed E-state index contributed by atoms with van der Waals surface area (Å²) in [4.78, 5) is 9.01. The lowest BCUT2D eigenvalue weighted by molar-refractivity contribution is 0.639. The molecule has 0 spiro atoms. The van der Waals surface area contributed by atoms with Crippen LogP contribution in [0.15, 0.2) is 24.3 Å². The van der Waals surface area contributed by atoms with Gasteiger partial charge in [-0.2, -0.15) is 11.8 Å². The van der Waals surface area contributed by atoms with Crippen molar-refractivity contribution in [2.24, 2.45) is 0 Å². The molecule has 2 aromatic rings. The van der Waals surface area contributed by atoms with Gasteiger partial charge >= 0.3 is 0 Å². The van der Waals surface area contributed by atoms with E-state index >= 15 is 0 Å². The maximum atomic E-state index is 6.01. The molecule has 4 nitrogen and oxygen atoms in total. The lowest BCUT2D eigenvalue weighted by Gasteiger charge is -2.27. The van der Waals surface area contributed by atoms with E-state index in [1.807, 2.05) is 36.0 Å². The average Bonchev–Trinajstić information content (AvgIpc) is 2.94. The number of rotatable bonds is 4. The molecule has 1 saturated carbocycles. The monoisotopic (exact) mass is 288 g/mol. The number of nitrogen functional groups attached to an aromatic ring is 1. The summed E-state index contributed by atoms with van der Waals surface area (Å²) >= 11 is 1.96. The van der Waals surface area contributed by atoms with Crippen molar-refractivity contribution in [1.29, 1.82) is 0 Å². The predicted octanol–water partition coefficient (Wildman–Crippen LogP) is 3.30. The van der Waals surface area contributed by atoms with E-state index < -0.39 is 0 Å². The van der Waals surface area contributed by atoms with Crippen molar-refractivity contribution in [3.8, 4) is 0 Å². The van der Waals surface area contributed by atoms with Crippen LogP contribution < -0.4 is 11.1 Å². The first-order chi connectivity index (χ1) is 9.72. The minimum absolute atomic E-state index is 0.333. The first-order valence-corrected chi connectivity index (χ1v) is 8.26. The Labute approximate surface area is 123 Å². The number of aromatic nitrogens is 2. The number of benzene rings is 1. The molecule has 0 saturated heterocycles. The second kappa shape index (κ2) is 5.48. The van der Waals surface area contributed by atoms with E-state index in [4.69, 9.17) is 5.73 Å². The van der Waals surface area contributed by atoms with Crippen molar-refractivity contribution in [2.45, 2.75) is 30.4 Å². The van der Waals surface area contributed by atoms with E-state index in [1.54, 1.807) is 0 Å². The number of para-hydroxylation sites is 2. The summed E-state index contributed by atoms with van der Waals surface area (Å²) in [5.74, 6) is 1.20. The molecular weight excluding hydrogens is 268 g/mol. The largest absolute Gasteiger partial charge is 0.381 e. The average molecular weight is 288 g/mol. The summed E-state index contributed by atoms with van der Waals surface area (Å²) in [7, 11) is 0. The van der Waals surface area contributed by atoms with Crippen LogP contribution in [0.4, 0.5) is 11.6 Å². The maximum absolute atomic E-state index is 6.01. The van der Waals surface area contributed by atoms with E-state index in [0.717, 1.165) is 17.6 Å². The van der Waals surface area contributed by atoms with Crippen molar-refractivity contribution in [3.63, 3.8) is 0 Å². The Bertz CT molecular complexity index is 608. The van der Waals surface area contributed by atoms with E-state index in [9.17, 15) is 0 Å². The predicted molar refractivity (Wildman–Crippen MR) is 87.2 cm³/mol. The Morgan fingerprint density at radius 1 is 1.20 bits per heavy atom. The highest BCUT2D eigenvalue weighted by Gasteiger charge is 2.32. The van der Waals surface area contributed by atoms with Crippen LogP contribution in [0.3, 0.4) is 0 Å². The molecule has 1 aliphatic carbocycles. The van der Waals surface area contributed by atoms with Gasteiger partial charge in [0.05, 0.1) is 11.0 Å². The Morgan fingerprint density at radius 3 is 2.50 bits per heavy atom. The summed E-state index contributed by atoms with van der Waals surface area (Å²) in [5, 5.41) is 3.42. The summed E-state index contributed by atoms with van der Waals surface area (Å²) in [6.07, 6.45) is 7.37. The number of fused-ring (bicyclic) bond motifs is 1. The smallest absolute Gasteiger partial charge is 0.169 e. The zero-order valence-corrected chi connectivity index (χ0v) is 12.5.